The number of nitrogens with zero attached hydrogens (tertiary/aromatic N) is 1. The molecule has 1 atom stereocenters. The smallest absolute Gasteiger partial charge is 0.329 e. The number of esters is 1. The van der Waals surface area contributed by atoms with Gasteiger partial charge in [-0.15, -0.1) is 0 Å². The molecule has 0 aromatic carbocycles. The fourth-order valence-electron chi connectivity index (χ4n) is 1.70. The monoisotopic (exact) mass is 199 g/mol. The molecular formula is C10H17NO3. The van der Waals surface area contributed by atoms with Gasteiger partial charge >= 0.3 is 5.97 Å². The summed E-state index contributed by atoms with van der Waals surface area (Å²) < 4.78 is 5.08. The van der Waals surface area contributed by atoms with E-state index in [0.717, 1.165) is 12.8 Å². The lowest BCUT2D eigenvalue weighted by atomic mass is 10.2. The van der Waals surface area contributed by atoms with E-state index in [9.17, 15) is 9.59 Å². The number of carbonyl (C=O) groups excluding carboxylic acids is 2. The van der Waals surface area contributed by atoms with Crippen molar-refractivity contribution < 1.29 is 14.3 Å². The summed E-state index contributed by atoms with van der Waals surface area (Å²) in [6, 6.07) is -0.352. The zero-order valence-corrected chi connectivity index (χ0v) is 8.95. The maximum absolute atomic E-state index is 11.6. The van der Waals surface area contributed by atoms with E-state index in [0.29, 0.717) is 6.54 Å². The summed E-state index contributed by atoms with van der Waals surface area (Å²) in [7, 11) is 0. The molecule has 0 bridgehead atoms. The fraction of sp³-hybridized carbons (Fsp3) is 0.800. The number of amides is 1. The molecule has 14 heavy (non-hydrogen) atoms. The molecule has 0 aliphatic carbocycles. The third kappa shape index (κ3) is 2.47. The molecule has 0 spiro atoms. The Hall–Kier alpha value is -1.06. The number of hydrogen-bond donors (Lipinski definition) is 0. The molecule has 1 fully saturated rings. The first-order valence-corrected chi connectivity index (χ1v) is 5.00. The van der Waals surface area contributed by atoms with Crippen molar-refractivity contribution in [2.24, 2.45) is 0 Å². The van der Waals surface area contributed by atoms with E-state index >= 15 is 0 Å². The second-order valence-electron chi connectivity index (χ2n) is 3.86. The van der Waals surface area contributed by atoms with Crippen molar-refractivity contribution >= 4 is 11.9 Å². The average molecular weight is 199 g/mol. The van der Waals surface area contributed by atoms with Crippen LogP contribution in [0.1, 0.15) is 33.6 Å². The van der Waals surface area contributed by atoms with Gasteiger partial charge in [-0.2, -0.15) is 0 Å². The molecule has 0 aromatic heterocycles. The maximum atomic E-state index is 11.6. The lowest BCUT2D eigenvalue weighted by Gasteiger charge is -2.22. The highest BCUT2D eigenvalue weighted by Gasteiger charge is 2.33. The van der Waals surface area contributed by atoms with Gasteiger partial charge in [-0.1, -0.05) is 0 Å². The summed E-state index contributed by atoms with van der Waals surface area (Å²) in [6.45, 7) is 5.78. The first kappa shape index (κ1) is 11.0. The van der Waals surface area contributed by atoms with Crippen molar-refractivity contribution in [3.05, 3.63) is 0 Å². The summed E-state index contributed by atoms with van der Waals surface area (Å²) in [4.78, 5) is 24.3. The van der Waals surface area contributed by atoms with Gasteiger partial charge < -0.3 is 9.64 Å². The Morgan fingerprint density at radius 3 is 2.57 bits per heavy atom. The molecule has 4 heteroatoms. The zero-order valence-electron chi connectivity index (χ0n) is 8.95. The van der Waals surface area contributed by atoms with E-state index in [1.165, 1.54) is 6.92 Å². The second-order valence-corrected chi connectivity index (χ2v) is 3.86. The highest BCUT2D eigenvalue weighted by molar-refractivity contribution is 5.84. The Morgan fingerprint density at radius 1 is 1.43 bits per heavy atom. The van der Waals surface area contributed by atoms with Crippen LogP contribution in [0.15, 0.2) is 0 Å². The molecule has 0 N–H and O–H groups in total. The minimum absolute atomic E-state index is 0.0480. The van der Waals surface area contributed by atoms with Gasteiger partial charge in [0.1, 0.15) is 6.04 Å². The van der Waals surface area contributed by atoms with Gasteiger partial charge in [0, 0.05) is 13.5 Å². The van der Waals surface area contributed by atoms with Crippen molar-refractivity contribution in [3.8, 4) is 0 Å². The first-order valence-electron chi connectivity index (χ1n) is 5.00. The van der Waals surface area contributed by atoms with Crippen molar-refractivity contribution in [2.75, 3.05) is 6.54 Å². The molecule has 1 rings (SSSR count). The molecular weight excluding hydrogens is 182 g/mol. The average Bonchev–Trinajstić information content (AvgIpc) is 2.49. The molecule has 0 radical (unpaired) electrons. The molecule has 0 aromatic rings. The SMILES string of the molecule is CC(=O)N1CCC[C@H]1C(=O)OC(C)C. The molecule has 80 valence electrons. The minimum Gasteiger partial charge on any atom is -0.461 e. The van der Waals surface area contributed by atoms with Gasteiger partial charge in [0.05, 0.1) is 6.10 Å². The van der Waals surface area contributed by atoms with Crippen LogP contribution in [-0.4, -0.2) is 35.5 Å². The minimum atomic E-state index is -0.352. The van der Waals surface area contributed by atoms with Crippen LogP contribution in [0.3, 0.4) is 0 Å². The summed E-state index contributed by atoms with van der Waals surface area (Å²) in [5, 5.41) is 0. The van der Waals surface area contributed by atoms with Crippen LogP contribution in [0, 0.1) is 0 Å². The van der Waals surface area contributed by atoms with Crippen LogP contribution in [-0.2, 0) is 14.3 Å². The molecule has 1 aliphatic heterocycles. The largest absolute Gasteiger partial charge is 0.461 e. The molecule has 4 nitrogen and oxygen atoms in total. The van der Waals surface area contributed by atoms with Crippen LogP contribution in [0.25, 0.3) is 0 Å². The zero-order chi connectivity index (χ0) is 10.7. The number of rotatable bonds is 2. The van der Waals surface area contributed by atoms with Gasteiger partial charge in [-0.3, -0.25) is 4.79 Å². The topological polar surface area (TPSA) is 46.6 Å². The molecule has 1 heterocycles. The fourth-order valence-corrected chi connectivity index (χ4v) is 1.70. The number of ether oxygens (including phenoxy) is 1. The van der Waals surface area contributed by atoms with Crippen LogP contribution in [0.4, 0.5) is 0 Å². The maximum Gasteiger partial charge on any atom is 0.329 e. The van der Waals surface area contributed by atoms with Crippen LogP contribution in [0.5, 0.6) is 0 Å². The molecule has 0 saturated carbocycles. The summed E-state index contributed by atoms with van der Waals surface area (Å²) in [6.07, 6.45) is 1.50. The Kier molecular flexibility index (Phi) is 3.49. The number of likely N-dealkylation sites (tertiary alicyclic amines) is 1. The molecule has 1 aliphatic rings. The lowest BCUT2D eigenvalue weighted by molar-refractivity contribution is -0.156. The summed E-state index contributed by atoms with van der Waals surface area (Å²) in [5.41, 5.74) is 0. The van der Waals surface area contributed by atoms with Gasteiger partial charge in [0.15, 0.2) is 0 Å². The molecule has 0 unspecified atom stereocenters. The van der Waals surface area contributed by atoms with Crippen molar-refractivity contribution in [1.82, 2.24) is 4.90 Å². The highest BCUT2D eigenvalue weighted by atomic mass is 16.5. The van der Waals surface area contributed by atoms with E-state index in [1.54, 1.807) is 4.90 Å². The molecule has 1 saturated heterocycles. The Labute approximate surface area is 84.2 Å². The van der Waals surface area contributed by atoms with E-state index in [2.05, 4.69) is 0 Å². The Bertz CT molecular complexity index is 238. The predicted molar refractivity (Wildman–Crippen MR) is 51.6 cm³/mol. The first-order chi connectivity index (χ1) is 6.52. The van der Waals surface area contributed by atoms with E-state index in [-0.39, 0.29) is 24.0 Å². The highest BCUT2D eigenvalue weighted by Crippen LogP contribution is 2.18. The quantitative estimate of drug-likeness (QED) is 0.622. The van der Waals surface area contributed by atoms with Crippen molar-refractivity contribution in [3.63, 3.8) is 0 Å². The lowest BCUT2D eigenvalue weighted by Crippen LogP contribution is -2.40. The van der Waals surface area contributed by atoms with E-state index in [1.807, 2.05) is 13.8 Å². The summed E-state index contributed by atoms with van der Waals surface area (Å²) in [5.74, 6) is -0.319. The van der Waals surface area contributed by atoms with Gasteiger partial charge in [-0.05, 0) is 26.7 Å². The Balaban J connectivity index is 2.58. The number of hydrogen-bond acceptors (Lipinski definition) is 3. The van der Waals surface area contributed by atoms with Crippen molar-refractivity contribution in [1.29, 1.82) is 0 Å². The third-order valence-corrected chi connectivity index (χ3v) is 2.28. The third-order valence-electron chi connectivity index (χ3n) is 2.28. The van der Waals surface area contributed by atoms with Gasteiger partial charge in [0.25, 0.3) is 0 Å². The van der Waals surface area contributed by atoms with E-state index < -0.39 is 0 Å². The predicted octanol–water partition coefficient (Wildman–Crippen LogP) is 0.949. The molecule has 1 amide bonds. The standard InChI is InChI=1S/C10H17NO3/c1-7(2)14-10(13)9-5-4-6-11(9)8(3)12/h7,9H,4-6H2,1-3H3/t9-/m0/s1. The Morgan fingerprint density at radius 2 is 2.07 bits per heavy atom. The van der Waals surface area contributed by atoms with Crippen molar-refractivity contribution in [2.45, 2.75) is 45.8 Å². The van der Waals surface area contributed by atoms with Crippen LogP contribution < -0.4 is 0 Å². The van der Waals surface area contributed by atoms with Gasteiger partial charge in [-0.25, -0.2) is 4.79 Å². The normalized spacial score (nSPS) is 21.4. The van der Waals surface area contributed by atoms with Gasteiger partial charge in [0.2, 0.25) is 5.91 Å². The van der Waals surface area contributed by atoms with Crippen LogP contribution >= 0.6 is 0 Å². The number of carbonyl (C=O) groups is 2. The summed E-state index contributed by atoms with van der Waals surface area (Å²) >= 11 is 0. The van der Waals surface area contributed by atoms with E-state index in [4.69, 9.17) is 4.74 Å². The second kappa shape index (κ2) is 4.44. The van der Waals surface area contributed by atoms with Crippen LogP contribution in [0.2, 0.25) is 0 Å².